The van der Waals surface area contributed by atoms with Crippen LogP contribution in [0.3, 0.4) is 0 Å². The van der Waals surface area contributed by atoms with Gasteiger partial charge in [0, 0.05) is 36.2 Å². The van der Waals surface area contributed by atoms with Gasteiger partial charge in [0.15, 0.2) is 0 Å². The summed E-state index contributed by atoms with van der Waals surface area (Å²) in [5.41, 5.74) is 2.39. The molecule has 2 aromatic rings. The summed E-state index contributed by atoms with van der Waals surface area (Å²) in [6.45, 7) is 0. The van der Waals surface area contributed by atoms with Crippen molar-refractivity contribution in [3.63, 3.8) is 0 Å². The van der Waals surface area contributed by atoms with Gasteiger partial charge in [-0.05, 0) is 17.2 Å². The molecule has 3 nitrogen and oxygen atoms in total. The maximum Gasteiger partial charge on any atom is 0.0658 e. The van der Waals surface area contributed by atoms with Gasteiger partial charge in [-0.2, -0.15) is 5.10 Å². The van der Waals surface area contributed by atoms with Crippen molar-refractivity contribution in [3.8, 4) is 0 Å². The second-order valence-corrected chi connectivity index (χ2v) is 5.81. The van der Waals surface area contributed by atoms with Crippen molar-refractivity contribution in [2.24, 2.45) is 7.05 Å². The van der Waals surface area contributed by atoms with Gasteiger partial charge in [-0.25, -0.2) is 0 Å². The van der Waals surface area contributed by atoms with Gasteiger partial charge < -0.3 is 5.11 Å². The molecule has 1 aromatic carbocycles. The van der Waals surface area contributed by atoms with Gasteiger partial charge in [0.05, 0.1) is 12.3 Å². The third-order valence-corrected chi connectivity index (χ3v) is 4.61. The summed E-state index contributed by atoms with van der Waals surface area (Å²) in [5.74, 6) is 1.22. The van der Waals surface area contributed by atoms with E-state index >= 15 is 0 Å². The standard InChI is InChI=1S/C14H16N2OS/c1-16-8-10(7-15-16)6-13(17)12-9-18-14-5-3-2-4-11(12)14/h2-5,7-8,12-13,17H,6,9H2,1H3. The zero-order chi connectivity index (χ0) is 12.5. The minimum Gasteiger partial charge on any atom is -0.392 e. The molecule has 1 aliphatic heterocycles. The summed E-state index contributed by atoms with van der Waals surface area (Å²) in [7, 11) is 1.90. The van der Waals surface area contributed by atoms with E-state index in [9.17, 15) is 5.11 Å². The molecule has 0 amide bonds. The Morgan fingerprint density at radius 1 is 1.50 bits per heavy atom. The van der Waals surface area contributed by atoms with Crippen LogP contribution in [0.1, 0.15) is 17.0 Å². The van der Waals surface area contributed by atoms with Crippen LogP contribution in [-0.4, -0.2) is 26.7 Å². The molecular formula is C14H16N2OS. The number of aromatic nitrogens is 2. The van der Waals surface area contributed by atoms with E-state index in [1.165, 1.54) is 10.5 Å². The summed E-state index contributed by atoms with van der Waals surface area (Å²) in [5, 5.41) is 14.5. The van der Waals surface area contributed by atoms with Crippen LogP contribution in [0.4, 0.5) is 0 Å². The molecule has 0 spiro atoms. The smallest absolute Gasteiger partial charge is 0.0658 e. The monoisotopic (exact) mass is 260 g/mol. The molecule has 4 heteroatoms. The van der Waals surface area contributed by atoms with Crippen molar-refractivity contribution in [1.82, 2.24) is 9.78 Å². The predicted molar refractivity (Wildman–Crippen MR) is 72.8 cm³/mol. The summed E-state index contributed by atoms with van der Waals surface area (Å²) in [6.07, 6.45) is 4.15. The topological polar surface area (TPSA) is 38.0 Å². The average molecular weight is 260 g/mol. The molecule has 3 rings (SSSR count). The fourth-order valence-corrected chi connectivity index (χ4v) is 3.79. The number of thioether (sulfide) groups is 1. The van der Waals surface area contributed by atoms with E-state index in [0.717, 1.165) is 11.3 Å². The van der Waals surface area contributed by atoms with E-state index in [4.69, 9.17) is 0 Å². The number of aliphatic hydroxyl groups excluding tert-OH is 1. The molecule has 1 aromatic heterocycles. The Bertz CT molecular complexity index is 552. The number of aliphatic hydroxyl groups is 1. The highest BCUT2D eigenvalue weighted by atomic mass is 32.2. The molecule has 0 saturated carbocycles. The summed E-state index contributed by atoms with van der Waals surface area (Å²) >= 11 is 1.84. The molecule has 18 heavy (non-hydrogen) atoms. The van der Waals surface area contributed by atoms with E-state index in [1.54, 1.807) is 4.68 Å². The highest BCUT2D eigenvalue weighted by Gasteiger charge is 2.29. The average Bonchev–Trinajstić information content (AvgIpc) is 2.95. The van der Waals surface area contributed by atoms with Crippen molar-refractivity contribution in [3.05, 3.63) is 47.8 Å². The number of benzene rings is 1. The molecule has 2 atom stereocenters. The van der Waals surface area contributed by atoms with Gasteiger partial charge in [0.2, 0.25) is 0 Å². The molecule has 0 radical (unpaired) electrons. The first kappa shape index (κ1) is 11.8. The van der Waals surface area contributed by atoms with E-state index in [1.807, 2.05) is 31.2 Å². The van der Waals surface area contributed by atoms with Crippen molar-refractivity contribution in [1.29, 1.82) is 0 Å². The number of hydrogen-bond acceptors (Lipinski definition) is 3. The zero-order valence-electron chi connectivity index (χ0n) is 10.3. The Kier molecular flexibility index (Phi) is 3.14. The Hall–Kier alpha value is -1.26. The largest absolute Gasteiger partial charge is 0.392 e. The van der Waals surface area contributed by atoms with Gasteiger partial charge in [-0.1, -0.05) is 18.2 Å². The molecule has 1 aliphatic rings. The lowest BCUT2D eigenvalue weighted by Crippen LogP contribution is -2.20. The van der Waals surface area contributed by atoms with Gasteiger partial charge in [-0.3, -0.25) is 4.68 Å². The third-order valence-electron chi connectivity index (χ3n) is 3.40. The lowest BCUT2D eigenvalue weighted by atomic mass is 9.92. The second-order valence-electron chi connectivity index (χ2n) is 4.75. The van der Waals surface area contributed by atoms with Crippen LogP contribution in [0.5, 0.6) is 0 Å². The van der Waals surface area contributed by atoms with Crippen LogP contribution in [0.2, 0.25) is 0 Å². The Balaban J connectivity index is 1.76. The highest BCUT2D eigenvalue weighted by Crippen LogP contribution is 2.41. The molecule has 94 valence electrons. The first-order chi connectivity index (χ1) is 8.74. The Morgan fingerprint density at radius 3 is 3.11 bits per heavy atom. The second kappa shape index (κ2) is 4.78. The lowest BCUT2D eigenvalue weighted by Gasteiger charge is -2.17. The molecular weight excluding hydrogens is 244 g/mol. The molecule has 0 aliphatic carbocycles. The number of nitrogens with zero attached hydrogens (tertiary/aromatic N) is 2. The van der Waals surface area contributed by atoms with Crippen LogP contribution < -0.4 is 0 Å². The van der Waals surface area contributed by atoms with Crippen LogP contribution >= 0.6 is 11.8 Å². The van der Waals surface area contributed by atoms with Crippen LogP contribution in [-0.2, 0) is 13.5 Å². The highest BCUT2D eigenvalue weighted by molar-refractivity contribution is 7.99. The Morgan fingerprint density at radius 2 is 2.33 bits per heavy atom. The minimum absolute atomic E-state index is 0.242. The van der Waals surface area contributed by atoms with Crippen molar-refractivity contribution in [2.45, 2.75) is 23.3 Å². The van der Waals surface area contributed by atoms with Crippen molar-refractivity contribution < 1.29 is 5.11 Å². The van der Waals surface area contributed by atoms with Crippen LogP contribution in [0.25, 0.3) is 0 Å². The van der Waals surface area contributed by atoms with Crippen LogP contribution in [0.15, 0.2) is 41.6 Å². The molecule has 0 bridgehead atoms. The SMILES string of the molecule is Cn1cc(CC(O)C2CSc3ccccc32)cn1. The number of rotatable bonds is 3. The zero-order valence-corrected chi connectivity index (χ0v) is 11.1. The third kappa shape index (κ3) is 2.18. The van der Waals surface area contributed by atoms with Crippen LogP contribution in [0, 0.1) is 0 Å². The van der Waals surface area contributed by atoms with Crippen molar-refractivity contribution in [2.75, 3.05) is 5.75 Å². The van der Waals surface area contributed by atoms with E-state index < -0.39 is 0 Å². The number of hydrogen-bond donors (Lipinski definition) is 1. The molecule has 0 fully saturated rings. The lowest BCUT2D eigenvalue weighted by molar-refractivity contribution is 0.151. The van der Waals surface area contributed by atoms with Gasteiger partial charge in [-0.15, -0.1) is 11.8 Å². The quantitative estimate of drug-likeness (QED) is 0.919. The fourth-order valence-electron chi connectivity index (χ4n) is 2.47. The summed E-state index contributed by atoms with van der Waals surface area (Å²) < 4.78 is 1.78. The molecule has 0 saturated heterocycles. The maximum atomic E-state index is 10.4. The number of aryl methyl sites for hydroxylation is 1. The minimum atomic E-state index is -0.328. The van der Waals surface area contributed by atoms with Gasteiger partial charge >= 0.3 is 0 Å². The predicted octanol–water partition coefficient (Wildman–Crippen LogP) is 2.21. The first-order valence-corrected chi connectivity index (χ1v) is 7.10. The summed E-state index contributed by atoms with van der Waals surface area (Å²) in [4.78, 5) is 1.31. The maximum absolute atomic E-state index is 10.4. The van der Waals surface area contributed by atoms with Gasteiger partial charge in [0.1, 0.15) is 0 Å². The van der Waals surface area contributed by atoms with Crippen molar-refractivity contribution >= 4 is 11.8 Å². The van der Waals surface area contributed by atoms with E-state index in [0.29, 0.717) is 6.42 Å². The summed E-state index contributed by atoms with van der Waals surface area (Å²) in [6, 6.07) is 8.37. The van der Waals surface area contributed by atoms with E-state index in [2.05, 4.69) is 29.4 Å². The normalized spacial score (nSPS) is 19.8. The van der Waals surface area contributed by atoms with Gasteiger partial charge in [0.25, 0.3) is 0 Å². The first-order valence-electron chi connectivity index (χ1n) is 6.11. The van der Waals surface area contributed by atoms with E-state index in [-0.39, 0.29) is 12.0 Å². The molecule has 2 heterocycles. The number of fused-ring (bicyclic) bond motifs is 1. The molecule has 2 unspecified atom stereocenters. The molecule has 1 N–H and O–H groups in total. The fraction of sp³-hybridized carbons (Fsp3) is 0.357. The Labute approximate surface area is 111 Å².